The first kappa shape index (κ1) is 14.5. The summed E-state index contributed by atoms with van der Waals surface area (Å²) in [5.74, 6) is 0.552. The first-order valence-electron chi connectivity index (χ1n) is 6.19. The first-order chi connectivity index (χ1) is 10.1. The largest absolute Gasteiger partial charge is 0.228 e. The molecule has 0 aliphatic heterocycles. The summed E-state index contributed by atoms with van der Waals surface area (Å²) in [6, 6.07) is 17.2. The van der Waals surface area contributed by atoms with E-state index in [0.29, 0.717) is 16.0 Å². The molecule has 0 unspecified atom stereocenters. The Balaban J connectivity index is 2.11. The highest BCUT2D eigenvalue weighted by Crippen LogP contribution is 2.29. The van der Waals surface area contributed by atoms with Crippen LogP contribution in [0.3, 0.4) is 0 Å². The third kappa shape index (κ3) is 3.26. The minimum atomic E-state index is 0.401. The van der Waals surface area contributed by atoms with Gasteiger partial charge in [-0.3, -0.25) is 0 Å². The molecule has 2 nitrogen and oxygen atoms in total. The second-order valence-corrected chi connectivity index (χ2v) is 6.04. The number of hydrogen-bond donors (Lipinski definition) is 0. The number of nitrogens with zero attached hydrogens (tertiary/aromatic N) is 2. The van der Waals surface area contributed by atoms with E-state index in [1.165, 1.54) is 0 Å². The van der Waals surface area contributed by atoms with Gasteiger partial charge in [0.1, 0.15) is 5.15 Å². The van der Waals surface area contributed by atoms with Gasteiger partial charge >= 0.3 is 0 Å². The summed E-state index contributed by atoms with van der Waals surface area (Å²) in [5.41, 5.74) is 2.60. The normalized spacial score (nSPS) is 10.6. The summed E-state index contributed by atoms with van der Waals surface area (Å²) in [7, 11) is 0. The van der Waals surface area contributed by atoms with E-state index < -0.39 is 0 Å². The van der Waals surface area contributed by atoms with Crippen LogP contribution in [0.15, 0.2) is 59.1 Å². The Morgan fingerprint density at radius 1 is 0.810 bits per heavy atom. The van der Waals surface area contributed by atoms with E-state index in [1.807, 2.05) is 48.5 Å². The lowest BCUT2D eigenvalue weighted by atomic mass is 10.1. The summed E-state index contributed by atoms with van der Waals surface area (Å²) in [6.45, 7) is 0. The molecule has 1 heterocycles. The van der Waals surface area contributed by atoms with Crippen molar-refractivity contribution in [2.75, 3.05) is 0 Å². The van der Waals surface area contributed by atoms with Gasteiger partial charge in [-0.2, -0.15) is 0 Å². The van der Waals surface area contributed by atoms with Crippen molar-refractivity contribution in [3.05, 3.63) is 69.2 Å². The Morgan fingerprint density at radius 3 is 2.29 bits per heavy atom. The fourth-order valence-electron chi connectivity index (χ4n) is 1.94. The molecule has 0 amide bonds. The van der Waals surface area contributed by atoms with Crippen LogP contribution in [0.25, 0.3) is 22.6 Å². The van der Waals surface area contributed by atoms with Crippen LogP contribution in [0, 0.1) is 0 Å². The maximum absolute atomic E-state index is 6.13. The van der Waals surface area contributed by atoms with Gasteiger partial charge in [0.15, 0.2) is 5.82 Å². The highest BCUT2D eigenvalue weighted by atomic mass is 79.9. The third-order valence-electron chi connectivity index (χ3n) is 2.94. The topological polar surface area (TPSA) is 25.8 Å². The molecular weight excluding hydrogens is 371 g/mol. The maximum atomic E-state index is 6.13. The molecule has 2 aromatic carbocycles. The van der Waals surface area contributed by atoms with E-state index in [9.17, 15) is 0 Å². The van der Waals surface area contributed by atoms with Crippen LogP contribution in [0.4, 0.5) is 0 Å². The molecule has 5 heteroatoms. The highest BCUT2D eigenvalue weighted by molar-refractivity contribution is 9.10. The smallest absolute Gasteiger partial charge is 0.161 e. The fraction of sp³-hybridized carbons (Fsp3) is 0. The Morgan fingerprint density at radius 2 is 1.57 bits per heavy atom. The maximum Gasteiger partial charge on any atom is 0.161 e. The Bertz CT molecular complexity index is 792. The third-order valence-corrected chi connectivity index (χ3v) is 4.37. The fourth-order valence-corrected chi connectivity index (χ4v) is 2.55. The molecule has 3 rings (SSSR count). The quantitative estimate of drug-likeness (QED) is 0.519. The second kappa shape index (κ2) is 6.14. The second-order valence-electron chi connectivity index (χ2n) is 4.39. The van der Waals surface area contributed by atoms with Gasteiger partial charge in [-0.15, -0.1) is 0 Å². The molecule has 0 bridgehead atoms. The van der Waals surface area contributed by atoms with E-state index >= 15 is 0 Å². The number of halogens is 3. The molecule has 0 saturated heterocycles. The SMILES string of the molecule is Clc1cc(-c2ccccc2)nc(-c2ccc(Br)c(Cl)c2)n1. The van der Waals surface area contributed by atoms with Gasteiger partial charge in [-0.25, -0.2) is 9.97 Å². The zero-order valence-corrected chi connectivity index (χ0v) is 13.8. The van der Waals surface area contributed by atoms with Gasteiger partial charge in [-0.1, -0.05) is 53.5 Å². The molecule has 0 aliphatic carbocycles. The van der Waals surface area contributed by atoms with Crippen molar-refractivity contribution in [2.24, 2.45) is 0 Å². The minimum absolute atomic E-state index is 0.401. The predicted octanol–water partition coefficient (Wildman–Crippen LogP) is 5.88. The number of aromatic nitrogens is 2. The molecule has 3 aromatic rings. The molecule has 0 radical (unpaired) electrons. The van der Waals surface area contributed by atoms with Crippen molar-refractivity contribution in [1.29, 1.82) is 0 Å². The molecule has 104 valence electrons. The number of hydrogen-bond acceptors (Lipinski definition) is 2. The van der Waals surface area contributed by atoms with Crippen LogP contribution in [-0.2, 0) is 0 Å². The zero-order chi connectivity index (χ0) is 14.8. The summed E-state index contributed by atoms with van der Waals surface area (Å²) >= 11 is 15.6. The number of benzene rings is 2. The van der Waals surface area contributed by atoms with E-state index in [-0.39, 0.29) is 0 Å². The van der Waals surface area contributed by atoms with Gasteiger partial charge in [0.2, 0.25) is 0 Å². The monoisotopic (exact) mass is 378 g/mol. The average Bonchev–Trinajstić information content (AvgIpc) is 2.50. The van der Waals surface area contributed by atoms with Gasteiger partial charge in [0.25, 0.3) is 0 Å². The van der Waals surface area contributed by atoms with Crippen LogP contribution >= 0.6 is 39.1 Å². The molecule has 21 heavy (non-hydrogen) atoms. The molecule has 0 saturated carbocycles. The Hall–Kier alpha value is -1.42. The van der Waals surface area contributed by atoms with Crippen LogP contribution in [0.1, 0.15) is 0 Å². The van der Waals surface area contributed by atoms with Crippen molar-refractivity contribution < 1.29 is 0 Å². The van der Waals surface area contributed by atoms with E-state index in [4.69, 9.17) is 23.2 Å². The minimum Gasteiger partial charge on any atom is -0.228 e. The lowest BCUT2D eigenvalue weighted by molar-refractivity contribution is 1.18. The van der Waals surface area contributed by atoms with Crippen LogP contribution in [0.5, 0.6) is 0 Å². The standard InChI is InChI=1S/C16H9BrCl2N2/c17-12-7-6-11(8-13(12)18)16-20-14(9-15(19)21-16)10-4-2-1-3-5-10/h1-9H. The van der Waals surface area contributed by atoms with E-state index in [0.717, 1.165) is 21.3 Å². The van der Waals surface area contributed by atoms with Gasteiger partial charge in [0.05, 0.1) is 10.7 Å². The average molecular weight is 380 g/mol. The summed E-state index contributed by atoms with van der Waals surface area (Å²) in [6.07, 6.45) is 0. The molecule has 0 aliphatic rings. The first-order valence-corrected chi connectivity index (χ1v) is 7.74. The summed E-state index contributed by atoms with van der Waals surface area (Å²) in [4.78, 5) is 8.86. The number of rotatable bonds is 2. The Kier molecular flexibility index (Phi) is 4.24. The van der Waals surface area contributed by atoms with Crippen molar-refractivity contribution in [2.45, 2.75) is 0 Å². The van der Waals surface area contributed by atoms with Crippen molar-refractivity contribution in [1.82, 2.24) is 9.97 Å². The van der Waals surface area contributed by atoms with Gasteiger partial charge in [0, 0.05) is 21.7 Å². The summed E-state index contributed by atoms with van der Waals surface area (Å²) in [5, 5.41) is 1.01. The van der Waals surface area contributed by atoms with Crippen LogP contribution < -0.4 is 0 Å². The van der Waals surface area contributed by atoms with E-state index in [2.05, 4.69) is 25.9 Å². The molecule has 0 fully saturated rings. The van der Waals surface area contributed by atoms with Crippen LogP contribution in [0.2, 0.25) is 10.2 Å². The van der Waals surface area contributed by atoms with Crippen molar-refractivity contribution in [3.8, 4) is 22.6 Å². The van der Waals surface area contributed by atoms with Crippen molar-refractivity contribution in [3.63, 3.8) is 0 Å². The zero-order valence-electron chi connectivity index (χ0n) is 10.7. The predicted molar refractivity (Wildman–Crippen MR) is 90.6 cm³/mol. The molecule has 1 aromatic heterocycles. The lowest BCUT2D eigenvalue weighted by Crippen LogP contribution is -1.93. The van der Waals surface area contributed by atoms with Gasteiger partial charge < -0.3 is 0 Å². The highest BCUT2D eigenvalue weighted by Gasteiger charge is 2.09. The molecule has 0 N–H and O–H groups in total. The molecular formula is C16H9BrCl2N2. The Labute approximate surface area is 140 Å². The van der Waals surface area contributed by atoms with Crippen LogP contribution in [-0.4, -0.2) is 9.97 Å². The van der Waals surface area contributed by atoms with E-state index in [1.54, 1.807) is 6.07 Å². The lowest BCUT2D eigenvalue weighted by Gasteiger charge is -2.06. The van der Waals surface area contributed by atoms with Gasteiger partial charge in [-0.05, 0) is 34.1 Å². The molecule has 0 spiro atoms. The summed E-state index contributed by atoms with van der Waals surface area (Å²) < 4.78 is 0.832. The molecule has 0 atom stereocenters. The van der Waals surface area contributed by atoms with Crippen molar-refractivity contribution >= 4 is 39.1 Å².